The molecule has 0 radical (unpaired) electrons. The van der Waals surface area contributed by atoms with Gasteiger partial charge in [-0.05, 0) is 12.1 Å². The summed E-state index contributed by atoms with van der Waals surface area (Å²) >= 11 is 0. The van der Waals surface area contributed by atoms with Crippen LogP contribution in [-0.4, -0.2) is 64.4 Å². The molecule has 8 heteroatoms. The van der Waals surface area contributed by atoms with Gasteiger partial charge in [-0.1, -0.05) is 18.2 Å². The van der Waals surface area contributed by atoms with Gasteiger partial charge < -0.3 is 30.1 Å². The first-order chi connectivity index (χ1) is 10.9. The average molecular weight is 325 g/mol. The summed E-state index contributed by atoms with van der Waals surface area (Å²) in [5, 5.41) is 31.7. The van der Waals surface area contributed by atoms with Crippen molar-refractivity contribution >= 4 is 11.9 Å². The molecule has 1 aliphatic heterocycles. The van der Waals surface area contributed by atoms with Crippen molar-refractivity contribution in [1.29, 1.82) is 0 Å². The van der Waals surface area contributed by atoms with Gasteiger partial charge in [-0.3, -0.25) is 4.79 Å². The van der Waals surface area contributed by atoms with Crippen molar-refractivity contribution in [2.45, 2.75) is 37.6 Å². The molecule has 1 aromatic carbocycles. The minimum Gasteiger partial charge on any atom is -0.453 e. The van der Waals surface area contributed by atoms with Crippen LogP contribution in [-0.2, 0) is 14.3 Å². The topological polar surface area (TPSA) is 125 Å². The molecule has 0 bridgehead atoms. The number of carbonyl (C=O) groups excluding carboxylic acids is 2. The maximum absolute atomic E-state index is 12.2. The highest BCUT2D eigenvalue weighted by molar-refractivity contribution is 5.89. The van der Waals surface area contributed by atoms with Gasteiger partial charge in [-0.25, -0.2) is 4.79 Å². The van der Waals surface area contributed by atoms with Crippen molar-refractivity contribution in [2.75, 3.05) is 6.61 Å². The molecule has 1 fully saturated rings. The number of rotatable bonds is 4. The molecule has 0 saturated carbocycles. The number of aliphatic hydroxyl groups excluding tert-OH is 3. The van der Waals surface area contributed by atoms with Crippen molar-refractivity contribution in [3.8, 4) is 0 Å². The zero-order valence-corrected chi connectivity index (χ0v) is 12.5. The Kier molecular flexibility index (Phi) is 5.67. The Morgan fingerprint density at radius 2 is 1.91 bits per heavy atom. The largest absolute Gasteiger partial charge is 0.453 e. The molecular weight excluding hydrogens is 306 g/mol. The molecule has 1 heterocycles. The molecule has 1 aliphatic rings. The molecule has 0 aromatic heterocycles. The summed E-state index contributed by atoms with van der Waals surface area (Å²) in [5.41, 5.74) is 0.253. The summed E-state index contributed by atoms with van der Waals surface area (Å²) in [5.74, 6) is -1.22. The summed E-state index contributed by atoms with van der Waals surface area (Å²) in [6, 6.07) is 6.92. The third kappa shape index (κ3) is 4.05. The van der Waals surface area contributed by atoms with Gasteiger partial charge in [-0.15, -0.1) is 0 Å². The fraction of sp³-hybridized carbons (Fsp3) is 0.467. The van der Waals surface area contributed by atoms with E-state index in [9.17, 15) is 24.9 Å². The van der Waals surface area contributed by atoms with Crippen LogP contribution in [0.4, 0.5) is 0 Å². The quantitative estimate of drug-likeness (QED) is 0.512. The van der Waals surface area contributed by atoms with Crippen LogP contribution < -0.4 is 5.32 Å². The van der Waals surface area contributed by atoms with E-state index < -0.39 is 49.1 Å². The standard InChI is InChI=1S/C15H19NO7/c1-8(18)16-11-13(12(19)10(7-17)22-15(11)21)23-14(20)9-5-3-2-4-6-9/h2-6,10-13,15,17,19,21H,7H2,1H3,(H,16,18)/t10-,11+,12-,13-,15-/m1/s1. The summed E-state index contributed by atoms with van der Waals surface area (Å²) in [6.07, 6.45) is -5.35. The number of ether oxygens (including phenoxy) is 2. The van der Waals surface area contributed by atoms with E-state index in [1.54, 1.807) is 18.2 Å². The molecule has 1 saturated heterocycles. The van der Waals surface area contributed by atoms with Crippen LogP contribution in [0.5, 0.6) is 0 Å². The molecule has 2 rings (SSSR count). The second-order valence-corrected chi connectivity index (χ2v) is 5.20. The normalized spacial score (nSPS) is 30.5. The Labute approximate surface area is 132 Å². The molecule has 0 aliphatic carbocycles. The molecule has 23 heavy (non-hydrogen) atoms. The summed E-state index contributed by atoms with van der Waals surface area (Å²) < 4.78 is 10.3. The van der Waals surface area contributed by atoms with E-state index in [1.165, 1.54) is 19.1 Å². The van der Waals surface area contributed by atoms with E-state index in [-0.39, 0.29) is 5.56 Å². The highest BCUT2D eigenvalue weighted by Crippen LogP contribution is 2.23. The summed E-state index contributed by atoms with van der Waals surface area (Å²) in [4.78, 5) is 23.4. The minimum atomic E-state index is -1.53. The molecule has 0 spiro atoms. The zero-order chi connectivity index (χ0) is 17.0. The van der Waals surface area contributed by atoms with Crippen LogP contribution in [0.1, 0.15) is 17.3 Å². The third-order valence-electron chi connectivity index (χ3n) is 3.50. The van der Waals surface area contributed by atoms with E-state index in [0.29, 0.717) is 0 Å². The summed E-state index contributed by atoms with van der Waals surface area (Å²) in [7, 11) is 0. The van der Waals surface area contributed by atoms with Gasteiger partial charge in [0.25, 0.3) is 0 Å². The van der Waals surface area contributed by atoms with Gasteiger partial charge in [0.1, 0.15) is 18.2 Å². The number of carbonyl (C=O) groups is 2. The van der Waals surface area contributed by atoms with Crippen LogP contribution in [0, 0.1) is 0 Å². The van der Waals surface area contributed by atoms with Gasteiger partial charge >= 0.3 is 5.97 Å². The monoisotopic (exact) mass is 325 g/mol. The van der Waals surface area contributed by atoms with E-state index in [1.807, 2.05) is 0 Å². The lowest BCUT2D eigenvalue weighted by Crippen LogP contribution is -2.65. The van der Waals surface area contributed by atoms with Crippen molar-refractivity contribution in [3.05, 3.63) is 35.9 Å². The lowest BCUT2D eigenvalue weighted by atomic mass is 9.96. The zero-order valence-electron chi connectivity index (χ0n) is 12.5. The predicted molar refractivity (Wildman–Crippen MR) is 77.2 cm³/mol. The van der Waals surface area contributed by atoms with Crippen molar-refractivity contribution in [2.24, 2.45) is 0 Å². The SMILES string of the molecule is CC(=O)N[C@H]1[C@@H](OC(=O)c2ccccc2)[C@H](O)[C@@H](CO)O[C@H]1O. The van der Waals surface area contributed by atoms with E-state index in [4.69, 9.17) is 9.47 Å². The molecular formula is C15H19NO7. The number of hydrogen-bond acceptors (Lipinski definition) is 7. The maximum atomic E-state index is 12.2. The van der Waals surface area contributed by atoms with Gasteiger partial charge in [-0.2, -0.15) is 0 Å². The number of esters is 1. The maximum Gasteiger partial charge on any atom is 0.338 e. The number of aliphatic hydroxyl groups is 3. The molecule has 5 atom stereocenters. The highest BCUT2D eigenvalue weighted by Gasteiger charge is 2.47. The first kappa shape index (κ1) is 17.4. The van der Waals surface area contributed by atoms with Crippen LogP contribution >= 0.6 is 0 Å². The lowest BCUT2D eigenvalue weighted by Gasteiger charge is -2.41. The van der Waals surface area contributed by atoms with Crippen LogP contribution in [0.25, 0.3) is 0 Å². The number of benzene rings is 1. The Bertz CT molecular complexity index is 550. The second kappa shape index (κ2) is 7.51. The fourth-order valence-electron chi connectivity index (χ4n) is 2.38. The molecule has 126 valence electrons. The first-order valence-corrected chi connectivity index (χ1v) is 7.09. The van der Waals surface area contributed by atoms with Crippen LogP contribution in [0.15, 0.2) is 30.3 Å². The van der Waals surface area contributed by atoms with E-state index >= 15 is 0 Å². The van der Waals surface area contributed by atoms with E-state index in [0.717, 1.165) is 0 Å². The Hall–Kier alpha value is -2.00. The molecule has 4 N–H and O–H groups in total. The summed E-state index contributed by atoms with van der Waals surface area (Å²) in [6.45, 7) is 0.637. The fourth-order valence-corrected chi connectivity index (χ4v) is 2.38. The number of amides is 1. The number of nitrogens with one attached hydrogen (secondary N) is 1. The van der Waals surface area contributed by atoms with Gasteiger partial charge in [0.15, 0.2) is 12.4 Å². The van der Waals surface area contributed by atoms with Crippen LogP contribution in [0.3, 0.4) is 0 Å². The number of hydrogen-bond donors (Lipinski definition) is 4. The Morgan fingerprint density at radius 1 is 1.26 bits per heavy atom. The van der Waals surface area contributed by atoms with Gasteiger partial charge in [0.2, 0.25) is 5.91 Å². The second-order valence-electron chi connectivity index (χ2n) is 5.20. The predicted octanol–water partition coefficient (Wildman–Crippen LogP) is -1.21. The first-order valence-electron chi connectivity index (χ1n) is 7.09. The van der Waals surface area contributed by atoms with Gasteiger partial charge in [0.05, 0.1) is 12.2 Å². The molecule has 8 nitrogen and oxygen atoms in total. The minimum absolute atomic E-state index is 0.253. The van der Waals surface area contributed by atoms with E-state index in [2.05, 4.69) is 5.32 Å². The van der Waals surface area contributed by atoms with Crippen molar-refractivity contribution < 1.29 is 34.4 Å². The van der Waals surface area contributed by atoms with Gasteiger partial charge in [0, 0.05) is 6.92 Å². The Balaban J connectivity index is 2.21. The highest BCUT2D eigenvalue weighted by atomic mass is 16.6. The Morgan fingerprint density at radius 3 is 2.48 bits per heavy atom. The lowest BCUT2D eigenvalue weighted by molar-refractivity contribution is -0.253. The molecule has 1 amide bonds. The molecule has 1 aromatic rings. The smallest absolute Gasteiger partial charge is 0.338 e. The van der Waals surface area contributed by atoms with Crippen molar-refractivity contribution in [3.63, 3.8) is 0 Å². The van der Waals surface area contributed by atoms with Crippen molar-refractivity contribution in [1.82, 2.24) is 5.32 Å². The third-order valence-corrected chi connectivity index (χ3v) is 3.50. The average Bonchev–Trinajstić information content (AvgIpc) is 2.54. The molecule has 0 unspecified atom stereocenters. The van der Waals surface area contributed by atoms with Crippen LogP contribution in [0.2, 0.25) is 0 Å².